The Morgan fingerprint density at radius 3 is 1.19 bits per heavy atom. The second kappa shape index (κ2) is 54.9. The molecule has 0 rings (SSSR count). The molecule has 9 heteroatoms. The van der Waals surface area contributed by atoms with E-state index in [1.807, 2.05) is 21.1 Å². The van der Waals surface area contributed by atoms with Crippen molar-refractivity contribution in [1.82, 2.24) is 5.32 Å². The number of allylic oxidation sites excluding steroid dienone is 18. The number of unbranched alkanes of at least 4 members (excludes halogenated alkanes) is 23. The lowest BCUT2D eigenvalue weighted by Gasteiger charge is -2.26. The van der Waals surface area contributed by atoms with Crippen LogP contribution < -0.4 is 5.32 Å². The molecule has 426 valence electrons. The van der Waals surface area contributed by atoms with Crippen molar-refractivity contribution in [2.45, 2.75) is 257 Å². The highest BCUT2D eigenvalue weighted by Gasteiger charge is 2.28. The van der Waals surface area contributed by atoms with Gasteiger partial charge in [0.25, 0.3) is 0 Å². The maximum Gasteiger partial charge on any atom is 0.472 e. The van der Waals surface area contributed by atoms with Crippen molar-refractivity contribution in [3.8, 4) is 0 Å². The summed E-state index contributed by atoms with van der Waals surface area (Å²) in [6.07, 6.45) is 80.2. The fraction of sp³-hybridized carbons (Fsp3) is 0.708. The highest BCUT2D eigenvalue weighted by atomic mass is 31.2. The Morgan fingerprint density at radius 2 is 0.811 bits per heavy atom. The smallest absolute Gasteiger partial charge is 0.391 e. The summed E-state index contributed by atoms with van der Waals surface area (Å²) in [4.78, 5) is 23.3. The van der Waals surface area contributed by atoms with Gasteiger partial charge in [-0.25, -0.2) is 4.57 Å². The molecule has 0 spiro atoms. The minimum atomic E-state index is -4.32. The van der Waals surface area contributed by atoms with E-state index in [4.69, 9.17) is 9.05 Å². The van der Waals surface area contributed by atoms with E-state index in [1.54, 1.807) is 0 Å². The molecule has 0 saturated carbocycles. The molecular weight excluding hydrogens is 936 g/mol. The van der Waals surface area contributed by atoms with Gasteiger partial charge in [-0.3, -0.25) is 13.8 Å². The maximum atomic E-state index is 13.0. The van der Waals surface area contributed by atoms with E-state index in [-0.39, 0.29) is 19.1 Å². The van der Waals surface area contributed by atoms with Crippen LogP contribution in [0, 0.1) is 0 Å². The number of nitrogens with zero attached hydrogens (tertiary/aromatic N) is 1. The van der Waals surface area contributed by atoms with E-state index < -0.39 is 20.0 Å². The van der Waals surface area contributed by atoms with Gasteiger partial charge in [0.15, 0.2) is 0 Å². The number of likely N-dealkylation sites (N-methyl/N-ethyl adjacent to an activating group) is 1. The predicted molar refractivity (Wildman–Crippen MR) is 322 cm³/mol. The van der Waals surface area contributed by atoms with Gasteiger partial charge in [-0.2, -0.15) is 0 Å². The van der Waals surface area contributed by atoms with Gasteiger partial charge in [0.2, 0.25) is 5.91 Å². The number of nitrogens with one attached hydrogen (secondary N) is 1. The van der Waals surface area contributed by atoms with Gasteiger partial charge in [0, 0.05) is 6.42 Å². The molecule has 3 unspecified atom stereocenters. The maximum absolute atomic E-state index is 13.0. The zero-order valence-electron chi connectivity index (χ0n) is 48.5. The predicted octanol–water partition coefficient (Wildman–Crippen LogP) is 18.8. The van der Waals surface area contributed by atoms with Crippen LogP contribution in [-0.4, -0.2) is 73.4 Å². The molecule has 0 aromatic heterocycles. The summed E-state index contributed by atoms with van der Waals surface area (Å²) in [5, 5.41) is 14.0. The van der Waals surface area contributed by atoms with Crippen molar-refractivity contribution in [3.05, 3.63) is 109 Å². The van der Waals surface area contributed by atoms with Crippen LogP contribution in [0.25, 0.3) is 0 Å². The number of quaternary nitrogens is 1. The van der Waals surface area contributed by atoms with Crippen LogP contribution in [0.3, 0.4) is 0 Å². The number of carbonyl (C=O) groups excluding carboxylic acids is 1. The highest BCUT2D eigenvalue weighted by Crippen LogP contribution is 2.43. The Hall–Kier alpha value is -2.84. The lowest BCUT2D eigenvalue weighted by atomic mass is 10.0. The van der Waals surface area contributed by atoms with Gasteiger partial charge in [0.1, 0.15) is 13.2 Å². The summed E-state index contributed by atoms with van der Waals surface area (Å²) in [6, 6.07) is -0.765. The second-order valence-electron chi connectivity index (χ2n) is 21.3. The van der Waals surface area contributed by atoms with Gasteiger partial charge in [-0.05, 0) is 83.5 Å². The van der Waals surface area contributed by atoms with Crippen molar-refractivity contribution in [2.24, 2.45) is 0 Å². The lowest BCUT2D eigenvalue weighted by Crippen LogP contribution is -2.46. The molecule has 1 amide bonds. The fourth-order valence-corrected chi connectivity index (χ4v) is 9.07. The molecule has 0 bridgehead atoms. The lowest BCUT2D eigenvalue weighted by molar-refractivity contribution is -0.870. The van der Waals surface area contributed by atoms with Crippen molar-refractivity contribution >= 4 is 13.7 Å². The van der Waals surface area contributed by atoms with Crippen LogP contribution in [0.2, 0.25) is 0 Å². The number of aliphatic hydroxyl groups excluding tert-OH is 1. The zero-order valence-corrected chi connectivity index (χ0v) is 49.4. The number of phosphoric ester groups is 1. The van der Waals surface area contributed by atoms with Gasteiger partial charge in [-0.15, -0.1) is 0 Å². The molecule has 0 heterocycles. The Bertz CT molecular complexity index is 1570. The van der Waals surface area contributed by atoms with Crippen LogP contribution in [-0.2, 0) is 18.4 Å². The summed E-state index contributed by atoms with van der Waals surface area (Å²) >= 11 is 0. The molecule has 8 nitrogen and oxygen atoms in total. The van der Waals surface area contributed by atoms with Gasteiger partial charge in [0.05, 0.1) is 39.9 Å². The first-order valence-electron chi connectivity index (χ1n) is 30.3. The summed E-state index contributed by atoms with van der Waals surface area (Å²) in [5.74, 6) is -0.150. The van der Waals surface area contributed by atoms with E-state index in [0.29, 0.717) is 23.9 Å². The van der Waals surface area contributed by atoms with Gasteiger partial charge < -0.3 is 19.8 Å². The van der Waals surface area contributed by atoms with Crippen LogP contribution in [0.5, 0.6) is 0 Å². The topological polar surface area (TPSA) is 105 Å². The highest BCUT2D eigenvalue weighted by molar-refractivity contribution is 7.47. The summed E-state index contributed by atoms with van der Waals surface area (Å²) < 4.78 is 23.7. The first-order valence-corrected chi connectivity index (χ1v) is 31.7. The normalized spacial score (nSPS) is 14.6. The Balaban J connectivity index is 3.97. The fourth-order valence-electron chi connectivity index (χ4n) is 8.33. The Morgan fingerprint density at radius 1 is 0.473 bits per heavy atom. The number of amides is 1. The number of hydrogen-bond acceptors (Lipinski definition) is 5. The minimum Gasteiger partial charge on any atom is -0.391 e. The summed E-state index contributed by atoms with van der Waals surface area (Å²) in [6.45, 7) is 4.76. The molecule has 0 aliphatic heterocycles. The molecule has 0 saturated heterocycles. The molecule has 3 N–H and O–H groups in total. The monoisotopic (exact) mass is 1050 g/mol. The summed E-state index contributed by atoms with van der Waals surface area (Å²) in [7, 11) is 1.61. The number of aliphatic hydroxyl groups is 1. The van der Waals surface area contributed by atoms with E-state index in [1.165, 1.54) is 122 Å². The molecular formula is C65H116N2O6P+. The van der Waals surface area contributed by atoms with Crippen molar-refractivity contribution in [2.75, 3.05) is 40.9 Å². The molecule has 0 aliphatic carbocycles. The Kier molecular flexibility index (Phi) is 52.8. The van der Waals surface area contributed by atoms with Crippen molar-refractivity contribution < 1.29 is 32.9 Å². The third-order valence-corrected chi connectivity index (χ3v) is 14.0. The number of carbonyl (C=O) groups is 1. The van der Waals surface area contributed by atoms with Crippen LogP contribution in [0.1, 0.15) is 245 Å². The molecule has 74 heavy (non-hydrogen) atoms. The minimum absolute atomic E-state index is 0.0710. The average Bonchev–Trinajstić information content (AvgIpc) is 3.36. The third-order valence-electron chi connectivity index (χ3n) is 13.0. The van der Waals surface area contributed by atoms with E-state index in [2.05, 4.69) is 129 Å². The molecule has 0 radical (unpaired) electrons. The molecule has 0 aromatic rings. The quantitative estimate of drug-likeness (QED) is 0.0243. The molecule has 0 aliphatic rings. The molecule has 0 aromatic carbocycles. The van der Waals surface area contributed by atoms with Crippen molar-refractivity contribution in [1.29, 1.82) is 0 Å². The van der Waals surface area contributed by atoms with E-state index in [9.17, 15) is 19.4 Å². The van der Waals surface area contributed by atoms with Crippen molar-refractivity contribution in [3.63, 3.8) is 0 Å². The number of hydrogen-bond donors (Lipinski definition) is 3. The number of phosphoric acid groups is 1. The first kappa shape index (κ1) is 71.2. The van der Waals surface area contributed by atoms with Gasteiger partial charge in [-0.1, -0.05) is 264 Å². The largest absolute Gasteiger partial charge is 0.472 e. The third kappa shape index (κ3) is 56.9. The van der Waals surface area contributed by atoms with Crippen LogP contribution >= 0.6 is 7.82 Å². The zero-order chi connectivity index (χ0) is 54.2. The summed E-state index contributed by atoms with van der Waals surface area (Å²) in [5.41, 5.74) is 0. The second-order valence-corrected chi connectivity index (χ2v) is 22.8. The average molecular weight is 1050 g/mol. The first-order chi connectivity index (χ1) is 36.0. The number of rotatable bonds is 54. The standard InChI is InChI=1S/C65H115N2O6P/c1-6-8-10-12-14-16-18-19-20-21-22-23-24-25-26-27-28-29-30-31-32-33-34-35-36-37-38-39-40-41-42-43-44-45-46-47-49-51-53-55-57-59-65(69)66-63(62-73-74(70,71)72-61-60-67(3,4)5)64(68)58-56-54-52-50-48-17-15-13-11-9-7-2/h8,10,14,16,19-20,22-23,25-26,28-29,31-32,34-35,37-38,63-64,68H,6-7,9,11-13,15,17-18,21,24,27,30,33,36,39-62H2,1-5H3,(H-,66,69,70,71)/p+1/b10-8-,16-14-,20-19-,23-22-,26-25-,29-28-,32-31-,35-34-,38-37-. The van der Waals surface area contributed by atoms with Crippen LogP contribution in [0.15, 0.2) is 109 Å². The SMILES string of the molecule is CC/C=C\C/C=C\C/C=C\C/C=C\C/C=C\C/C=C\C/C=C\C/C=C\C/C=C\CCCCCCCCCCCCCCCC(=O)NC(COP(=O)(O)OCC[N+](C)(C)C)C(O)CCCCCCCCCCCCC. The van der Waals surface area contributed by atoms with E-state index >= 15 is 0 Å². The Labute approximate surface area is 457 Å². The van der Waals surface area contributed by atoms with E-state index in [0.717, 1.165) is 96.3 Å². The van der Waals surface area contributed by atoms with Crippen LogP contribution in [0.4, 0.5) is 0 Å². The molecule has 3 atom stereocenters. The van der Waals surface area contributed by atoms with Gasteiger partial charge >= 0.3 is 7.82 Å². The molecule has 0 fully saturated rings.